The molecule has 0 radical (unpaired) electrons. The van der Waals surface area contributed by atoms with E-state index in [0.29, 0.717) is 33.4 Å². The highest BCUT2D eigenvalue weighted by atomic mass is 127. The molecular formula is C16H18ClIN2O3. The molecule has 23 heavy (non-hydrogen) atoms. The summed E-state index contributed by atoms with van der Waals surface area (Å²) >= 11 is 8.19. The molecule has 0 bridgehead atoms. The van der Waals surface area contributed by atoms with Gasteiger partial charge >= 0.3 is 5.97 Å². The number of rotatable bonds is 6. The fourth-order valence-corrected chi connectivity index (χ4v) is 2.91. The second-order valence-electron chi connectivity index (χ2n) is 5.08. The Kier molecular flexibility index (Phi) is 6.29. The Balaban J connectivity index is 2.49. The Labute approximate surface area is 154 Å². The van der Waals surface area contributed by atoms with Crippen LogP contribution in [0.25, 0.3) is 0 Å². The van der Waals surface area contributed by atoms with Crippen molar-refractivity contribution in [2.24, 2.45) is 0 Å². The molecule has 2 rings (SSSR count). The lowest BCUT2D eigenvalue weighted by atomic mass is 10.2. The molecule has 0 N–H and O–H groups in total. The van der Waals surface area contributed by atoms with Gasteiger partial charge in [-0.25, -0.2) is 9.48 Å². The van der Waals surface area contributed by atoms with Gasteiger partial charge in [-0.05, 0) is 39.0 Å². The Morgan fingerprint density at radius 3 is 2.74 bits per heavy atom. The summed E-state index contributed by atoms with van der Waals surface area (Å²) in [5.74, 6) is 0.704. The third-order valence-corrected chi connectivity index (χ3v) is 4.06. The number of esters is 1. The summed E-state index contributed by atoms with van der Waals surface area (Å²) in [4.78, 5) is 12.1. The van der Waals surface area contributed by atoms with Crippen molar-refractivity contribution >= 4 is 40.2 Å². The topological polar surface area (TPSA) is 53.3 Å². The van der Waals surface area contributed by atoms with Crippen LogP contribution in [0.15, 0.2) is 24.3 Å². The van der Waals surface area contributed by atoms with E-state index >= 15 is 0 Å². The van der Waals surface area contributed by atoms with E-state index in [4.69, 9.17) is 21.1 Å². The summed E-state index contributed by atoms with van der Waals surface area (Å²) in [5.41, 5.74) is 1.02. The molecule has 1 heterocycles. The van der Waals surface area contributed by atoms with Crippen LogP contribution in [0, 0.1) is 0 Å². The van der Waals surface area contributed by atoms with Crippen molar-refractivity contribution in [1.82, 2.24) is 9.78 Å². The van der Waals surface area contributed by atoms with Gasteiger partial charge in [-0.15, -0.1) is 0 Å². The first-order valence-corrected chi connectivity index (χ1v) is 9.16. The first-order valence-electron chi connectivity index (χ1n) is 7.25. The molecule has 0 aliphatic rings. The van der Waals surface area contributed by atoms with Gasteiger partial charge < -0.3 is 9.47 Å². The molecule has 0 amide bonds. The zero-order valence-electron chi connectivity index (χ0n) is 13.2. The molecule has 0 unspecified atom stereocenters. The third-order valence-electron chi connectivity index (χ3n) is 3.06. The van der Waals surface area contributed by atoms with Gasteiger partial charge in [0.25, 0.3) is 0 Å². The summed E-state index contributed by atoms with van der Waals surface area (Å²) in [5, 5.41) is 4.98. The third kappa shape index (κ3) is 4.17. The Morgan fingerprint density at radius 1 is 1.43 bits per heavy atom. The van der Waals surface area contributed by atoms with Crippen LogP contribution in [0.5, 0.6) is 11.6 Å². The van der Waals surface area contributed by atoms with E-state index < -0.39 is 5.97 Å². The lowest BCUT2D eigenvalue weighted by Gasteiger charge is -2.13. The van der Waals surface area contributed by atoms with Gasteiger partial charge in [0.15, 0.2) is 5.69 Å². The number of carbonyl (C=O) groups excluding carboxylic acids is 1. The molecule has 0 fully saturated rings. The maximum absolute atomic E-state index is 12.1. The molecule has 0 atom stereocenters. The van der Waals surface area contributed by atoms with Gasteiger partial charge in [-0.1, -0.05) is 40.3 Å². The maximum Gasteiger partial charge on any atom is 0.359 e. The van der Waals surface area contributed by atoms with E-state index in [2.05, 4.69) is 27.7 Å². The van der Waals surface area contributed by atoms with E-state index in [-0.39, 0.29) is 6.04 Å². The molecule has 5 nitrogen and oxygen atoms in total. The normalized spacial score (nSPS) is 10.9. The fraction of sp³-hybridized carbons (Fsp3) is 0.375. The van der Waals surface area contributed by atoms with Crippen LogP contribution in [-0.4, -0.2) is 22.4 Å². The first-order chi connectivity index (χ1) is 11.0. The first kappa shape index (κ1) is 18.1. The molecule has 0 aliphatic carbocycles. The molecule has 124 valence electrons. The lowest BCUT2D eigenvalue weighted by molar-refractivity contribution is 0.0517. The van der Waals surface area contributed by atoms with Crippen molar-refractivity contribution < 1.29 is 14.3 Å². The van der Waals surface area contributed by atoms with Gasteiger partial charge in [0.2, 0.25) is 5.88 Å². The van der Waals surface area contributed by atoms with E-state index in [9.17, 15) is 4.79 Å². The number of ether oxygens (including phenoxy) is 2. The molecule has 0 saturated carbocycles. The van der Waals surface area contributed by atoms with Gasteiger partial charge in [-0.3, -0.25) is 0 Å². The van der Waals surface area contributed by atoms with Gasteiger partial charge in [0.1, 0.15) is 5.75 Å². The standard InChI is InChI=1S/C16H18ClIN2O3/c1-4-22-16(21)14-13(9-18)15(20(19-14)10(2)3)23-12-7-5-6-11(17)8-12/h5-8,10H,4,9H2,1-3H3. The van der Waals surface area contributed by atoms with E-state index in [0.717, 1.165) is 5.56 Å². The monoisotopic (exact) mass is 448 g/mol. The van der Waals surface area contributed by atoms with Gasteiger partial charge in [0, 0.05) is 9.45 Å². The van der Waals surface area contributed by atoms with E-state index in [1.807, 2.05) is 26.0 Å². The molecule has 7 heteroatoms. The summed E-state index contributed by atoms with van der Waals surface area (Å²) in [6.07, 6.45) is 0. The molecule has 0 spiro atoms. The minimum atomic E-state index is -0.436. The molecule has 1 aromatic heterocycles. The number of hydrogen-bond acceptors (Lipinski definition) is 4. The van der Waals surface area contributed by atoms with Crippen LogP contribution >= 0.6 is 34.2 Å². The summed E-state index contributed by atoms with van der Waals surface area (Å²) in [6.45, 7) is 6.02. The van der Waals surface area contributed by atoms with Crippen molar-refractivity contribution in [1.29, 1.82) is 0 Å². The van der Waals surface area contributed by atoms with Crippen LogP contribution in [0.4, 0.5) is 0 Å². The number of carbonyl (C=O) groups is 1. The highest BCUT2D eigenvalue weighted by molar-refractivity contribution is 14.1. The summed E-state index contributed by atoms with van der Waals surface area (Å²) in [7, 11) is 0. The smallest absolute Gasteiger partial charge is 0.359 e. The Hall–Kier alpha value is -1.28. The van der Waals surface area contributed by atoms with Crippen molar-refractivity contribution in [2.45, 2.75) is 31.2 Å². The largest absolute Gasteiger partial charge is 0.461 e. The van der Waals surface area contributed by atoms with Crippen LogP contribution < -0.4 is 4.74 Å². The second kappa shape index (κ2) is 8.01. The van der Waals surface area contributed by atoms with E-state index in [1.54, 1.807) is 23.7 Å². The van der Waals surface area contributed by atoms with Crippen molar-refractivity contribution in [3.63, 3.8) is 0 Å². The highest BCUT2D eigenvalue weighted by Crippen LogP contribution is 2.33. The Bertz CT molecular complexity index is 701. The fourth-order valence-electron chi connectivity index (χ4n) is 2.04. The predicted octanol–water partition coefficient (Wildman–Crippen LogP) is 5.02. The molecule has 0 saturated heterocycles. The molecule has 2 aromatic rings. The van der Waals surface area contributed by atoms with Gasteiger partial charge in [0.05, 0.1) is 18.2 Å². The number of aromatic nitrogens is 2. The van der Waals surface area contributed by atoms with Crippen LogP contribution in [-0.2, 0) is 9.16 Å². The SMILES string of the molecule is CCOC(=O)c1nn(C(C)C)c(Oc2cccc(Cl)c2)c1CI. The summed E-state index contributed by atoms with van der Waals surface area (Å²) in [6, 6.07) is 7.15. The Morgan fingerprint density at radius 2 is 2.17 bits per heavy atom. The number of hydrogen-bond donors (Lipinski definition) is 0. The minimum absolute atomic E-state index is 0.0362. The number of nitrogens with zero attached hydrogens (tertiary/aromatic N) is 2. The average Bonchev–Trinajstić information content (AvgIpc) is 2.86. The van der Waals surface area contributed by atoms with E-state index in [1.165, 1.54) is 0 Å². The van der Waals surface area contributed by atoms with Gasteiger partial charge in [-0.2, -0.15) is 5.10 Å². The predicted molar refractivity (Wildman–Crippen MR) is 97.8 cm³/mol. The zero-order chi connectivity index (χ0) is 17.0. The van der Waals surface area contributed by atoms with Crippen molar-refractivity contribution in [3.8, 4) is 11.6 Å². The average molecular weight is 449 g/mol. The molecular weight excluding hydrogens is 431 g/mol. The van der Waals surface area contributed by atoms with Crippen LogP contribution in [0.3, 0.4) is 0 Å². The van der Waals surface area contributed by atoms with Crippen LogP contribution in [0.2, 0.25) is 5.02 Å². The maximum atomic E-state index is 12.1. The highest BCUT2D eigenvalue weighted by Gasteiger charge is 2.26. The number of halogens is 2. The second-order valence-corrected chi connectivity index (χ2v) is 6.28. The van der Waals surface area contributed by atoms with Crippen molar-refractivity contribution in [3.05, 3.63) is 40.5 Å². The van der Waals surface area contributed by atoms with Crippen LogP contribution in [0.1, 0.15) is 42.9 Å². The molecule has 0 aliphatic heterocycles. The van der Waals surface area contributed by atoms with Crippen molar-refractivity contribution in [2.75, 3.05) is 6.61 Å². The minimum Gasteiger partial charge on any atom is -0.461 e. The zero-order valence-corrected chi connectivity index (χ0v) is 16.1. The lowest BCUT2D eigenvalue weighted by Crippen LogP contribution is -2.09. The number of benzene rings is 1. The number of alkyl halides is 1. The quantitative estimate of drug-likeness (QED) is 0.354. The molecule has 1 aromatic carbocycles. The summed E-state index contributed by atoms with van der Waals surface area (Å²) < 4.78 is 13.4.